The van der Waals surface area contributed by atoms with E-state index in [-0.39, 0.29) is 25.5 Å². The molecular weight excluding hydrogens is 337 g/mol. The second kappa shape index (κ2) is 7.51. The zero-order valence-corrected chi connectivity index (χ0v) is 13.5. The second-order valence-electron chi connectivity index (χ2n) is 5.98. The van der Waals surface area contributed by atoms with Crippen LogP contribution in [0.2, 0.25) is 0 Å². The lowest BCUT2D eigenvalue weighted by molar-refractivity contribution is -0.148. The fourth-order valence-corrected chi connectivity index (χ4v) is 2.81. The highest BCUT2D eigenvalue weighted by Crippen LogP contribution is 2.29. The Morgan fingerprint density at radius 2 is 1.92 bits per heavy atom. The molecule has 3 rings (SSSR count). The van der Waals surface area contributed by atoms with Gasteiger partial charge in [-0.2, -0.15) is 13.2 Å². The first-order chi connectivity index (χ1) is 11.9. The van der Waals surface area contributed by atoms with Crippen molar-refractivity contribution in [2.75, 3.05) is 19.7 Å². The minimum atomic E-state index is -4.50. The molecule has 0 aliphatic carbocycles. The molecule has 136 valence electrons. The Morgan fingerprint density at radius 3 is 2.64 bits per heavy atom. The van der Waals surface area contributed by atoms with E-state index in [1.807, 2.05) is 35.2 Å². The maximum atomic E-state index is 12.8. The Bertz CT molecular complexity index is 690. The van der Waals surface area contributed by atoms with E-state index in [1.54, 1.807) is 0 Å². The molecule has 6 nitrogen and oxygen atoms in total. The van der Waals surface area contributed by atoms with Gasteiger partial charge in [-0.1, -0.05) is 30.3 Å². The lowest BCUT2D eigenvalue weighted by Gasteiger charge is -2.29. The van der Waals surface area contributed by atoms with Crippen molar-refractivity contribution in [3.8, 4) is 0 Å². The monoisotopic (exact) mass is 356 g/mol. The molecule has 0 spiro atoms. The summed E-state index contributed by atoms with van der Waals surface area (Å²) in [5, 5.41) is 16.9. The van der Waals surface area contributed by atoms with Crippen LogP contribution in [-0.2, 0) is 30.6 Å². The van der Waals surface area contributed by atoms with Crippen LogP contribution in [0.4, 0.5) is 13.2 Å². The van der Waals surface area contributed by atoms with Crippen molar-refractivity contribution in [3.05, 3.63) is 47.5 Å². The number of nitrogens with zero attached hydrogens (tertiary/aromatic N) is 4. The van der Waals surface area contributed by atoms with Crippen LogP contribution in [0, 0.1) is 0 Å². The van der Waals surface area contributed by atoms with Gasteiger partial charge in [0.25, 0.3) is 0 Å². The highest BCUT2D eigenvalue weighted by Gasteiger charge is 2.39. The number of aromatic nitrogens is 3. The van der Waals surface area contributed by atoms with E-state index in [0.29, 0.717) is 19.7 Å². The lowest BCUT2D eigenvalue weighted by atomic mass is 10.2. The van der Waals surface area contributed by atoms with Gasteiger partial charge in [-0.15, -0.1) is 10.2 Å². The van der Waals surface area contributed by atoms with Crippen LogP contribution >= 0.6 is 0 Å². The van der Waals surface area contributed by atoms with Crippen molar-refractivity contribution in [3.63, 3.8) is 0 Å². The second-order valence-corrected chi connectivity index (χ2v) is 5.98. The van der Waals surface area contributed by atoms with Gasteiger partial charge >= 0.3 is 6.18 Å². The molecule has 25 heavy (non-hydrogen) atoms. The smallest absolute Gasteiger partial charge is 0.389 e. The molecule has 0 radical (unpaired) electrons. The SMILES string of the molecule is OC(COCc1ccccc1)CN1CCn2c(nnc2C(F)(F)F)C1. The quantitative estimate of drug-likeness (QED) is 0.853. The molecule has 1 aromatic heterocycles. The largest absolute Gasteiger partial charge is 0.451 e. The van der Waals surface area contributed by atoms with Crippen LogP contribution in [-0.4, -0.2) is 50.6 Å². The maximum Gasteiger partial charge on any atom is 0.451 e. The Hall–Kier alpha value is -1.97. The van der Waals surface area contributed by atoms with Crippen LogP contribution in [0.3, 0.4) is 0 Å². The molecule has 0 saturated heterocycles. The molecule has 2 heterocycles. The van der Waals surface area contributed by atoms with E-state index in [1.165, 1.54) is 0 Å². The number of aliphatic hydroxyl groups excluding tert-OH is 1. The summed E-state index contributed by atoms with van der Waals surface area (Å²) in [6.07, 6.45) is -5.22. The molecule has 1 unspecified atom stereocenters. The van der Waals surface area contributed by atoms with Crippen molar-refractivity contribution in [1.29, 1.82) is 0 Å². The van der Waals surface area contributed by atoms with Gasteiger partial charge in [0.15, 0.2) is 0 Å². The van der Waals surface area contributed by atoms with E-state index in [4.69, 9.17) is 4.74 Å². The van der Waals surface area contributed by atoms with Crippen molar-refractivity contribution < 1.29 is 23.0 Å². The molecule has 0 fully saturated rings. The standard InChI is InChI=1S/C16H19F3N4O2/c17-16(18,19)15-21-20-14-9-22(6-7-23(14)15)8-13(24)11-25-10-12-4-2-1-3-5-12/h1-5,13,24H,6-11H2. The molecule has 1 N–H and O–H groups in total. The predicted molar refractivity (Wildman–Crippen MR) is 82.4 cm³/mol. The van der Waals surface area contributed by atoms with E-state index in [9.17, 15) is 18.3 Å². The first-order valence-electron chi connectivity index (χ1n) is 7.95. The highest BCUT2D eigenvalue weighted by molar-refractivity contribution is 5.13. The number of rotatable bonds is 6. The molecule has 2 aromatic rings. The number of benzene rings is 1. The summed E-state index contributed by atoms with van der Waals surface area (Å²) in [5.74, 6) is -0.704. The summed E-state index contributed by atoms with van der Waals surface area (Å²) < 4.78 is 45.0. The Kier molecular flexibility index (Phi) is 5.36. The number of alkyl halides is 3. The maximum absolute atomic E-state index is 12.8. The number of aliphatic hydroxyl groups is 1. The van der Waals surface area contributed by atoms with Gasteiger partial charge < -0.3 is 14.4 Å². The molecule has 1 aliphatic rings. The summed E-state index contributed by atoms with van der Waals surface area (Å²) in [4.78, 5) is 1.85. The molecule has 0 saturated carbocycles. The van der Waals surface area contributed by atoms with Crippen LogP contribution in [0.25, 0.3) is 0 Å². The van der Waals surface area contributed by atoms with Crippen LogP contribution in [0.5, 0.6) is 0 Å². The van der Waals surface area contributed by atoms with Crippen LogP contribution in [0.1, 0.15) is 17.2 Å². The lowest BCUT2D eigenvalue weighted by Crippen LogP contribution is -2.40. The van der Waals surface area contributed by atoms with Gasteiger partial charge in [0, 0.05) is 19.6 Å². The van der Waals surface area contributed by atoms with Crippen LogP contribution < -0.4 is 0 Å². The average Bonchev–Trinajstić information content (AvgIpc) is 2.99. The first-order valence-corrected chi connectivity index (χ1v) is 7.95. The van der Waals surface area contributed by atoms with Crippen molar-refractivity contribution in [2.24, 2.45) is 0 Å². The molecule has 0 bridgehead atoms. The fraction of sp³-hybridized carbons (Fsp3) is 0.500. The van der Waals surface area contributed by atoms with Crippen molar-refractivity contribution in [1.82, 2.24) is 19.7 Å². The number of ether oxygens (including phenoxy) is 1. The topological polar surface area (TPSA) is 63.4 Å². The Balaban J connectivity index is 1.47. The summed E-state index contributed by atoms with van der Waals surface area (Å²) >= 11 is 0. The van der Waals surface area contributed by atoms with Crippen molar-refractivity contribution in [2.45, 2.75) is 32.0 Å². The third-order valence-electron chi connectivity index (χ3n) is 3.98. The average molecular weight is 356 g/mol. The summed E-state index contributed by atoms with van der Waals surface area (Å²) in [6.45, 7) is 1.63. The van der Waals surface area contributed by atoms with Gasteiger partial charge in [0.1, 0.15) is 5.82 Å². The van der Waals surface area contributed by atoms with Crippen molar-refractivity contribution >= 4 is 0 Å². The normalized spacial score (nSPS) is 16.6. The Labute approximate surface area is 142 Å². The van der Waals surface area contributed by atoms with E-state index in [0.717, 1.165) is 10.1 Å². The number of β-amino-alcohol motifs (C(OH)–C–C–N with tert-alkyl or cyclic N) is 1. The number of hydrogen-bond acceptors (Lipinski definition) is 5. The third-order valence-corrected chi connectivity index (χ3v) is 3.98. The van der Waals surface area contributed by atoms with E-state index >= 15 is 0 Å². The molecule has 1 aliphatic heterocycles. The number of hydrogen-bond donors (Lipinski definition) is 1. The zero-order valence-electron chi connectivity index (χ0n) is 13.5. The molecule has 1 aromatic carbocycles. The van der Waals surface area contributed by atoms with Gasteiger partial charge in [0.2, 0.25) is 5.82 Å². The predicted octanol–water partition coefficient (Wildman–Crippen LogP) is 1.69. The number of fused-ring (bicyclic) bond motifs is 1. The fourth-order valence-electron chi connectivity index (χ4n) is 2.81. The summed E-state index contributed by atoms with van der Waals surface area (Å²) in [5.41, 5.74) is 1.01. The van der Waals surface area contributed by atoms with E-state index in [2.05, 4.69) is 10.2 Å². The van der Waals surface area contributed by atoms with Gasteiger partial charge in [-0.05, 0) is 5.56 Å². The molecule has 0 amide bonds. The highest BCUT2D eigenvalue weighted by atomic mass is 19.4. The van der Waals surface area contributed by atoms with Gasteiger partial charge in [-0.25, -0.2) is 0 Å². The van der Waals surface area contributed by atoms with Gasteiger partial charge in [-0.3, -0.25) is 4.90 Å². The number of halogens is 3. The molecule has 1 atom stereocenters. The minimum Gasteiger partial charge on any atom is -0.389 e. The third kappa shape index (κ3) is 4.56. The van der Waals surface area contributed by atoms with Gasteiger partial charge in [0.05, 0.1) is 25.9 Å². The zero-order chi connectivity index (χ0) is 17.9. The summed E-state index contributed by atoms with van der Waals surface area (Å²) in [7, 11) is 0. The Morgan fingerprint density at radius 1 is 1.16 bits per heavy atom. The summed E-state index contributed by atoms with van der Waals surface area (Å²) in [6, 6.07) is 9.60. The first kappa shape index (κ1) is 17.8. The van der Waals surface area contributed by atoms with Crippen LogP contribution in [0.15, 0.2) is 30.3 Å². The minimum absolute atomic E-state index is 0.148. The molecule has 9 heteroatoms. The molecular formula is C16H19F3N4O2. The van der Waals surface area contributed by atoms with E-state index < -0.39 is 18.1 Å².